The van der Waals surface area contributed by atoms with E-state index in [1.807, 2.05) is 20.8 Å². The van der Waals surface area contributed by atoms with Crippen molar-refractivity contribution >= 4 is 5.97 Å². The van der Waals surface area contributed by atoms with E-state index in [0.717, 1.165) is 19.3 Å². The van der Waals surface area contributed by atoms with Gasteiger partial charge in [-0.1, -0.05) is 20.8 Å². The lowest BCUT2D eigenvalue weighted by Gasteiger charge is -2.24. The fraction of sp³-hybridized carbons (Fsp3) is 0.917. The van der Waals surface area contributed by atoms with Crippen molar-refractivity contribution in [1.82, 2.24) is 5.32 Å². The molecule has 88 valence electrons. The first-order valence-electron chi connectivity index (χ1n) is 5.93. The molecule has 2 atom stereocenters. The SMILES string of the molecule is CCC1CCC(C)(C(=O)OCC(C)C)N1. The summed E-state index contributed by atoms with van der Waals surface area (Å²) >= 11 is 0. The van der Waals surface area contributed by atoms with Crippen LogP contribution in [0.5, 0.6) is 0 Å². The second-order valence-corrected chi connectivity index (χ2v) is 5.11. The maximum Gasteiger partial charge on any atom is 0.326 e. The van der Waals surface area contributed by atoms with Crippen LogP contribution in [0.2, 0.25) is 0 Å². The van der Waals surface area contributed by atoms with Gasteiger partial charge in [0.1, 0.15) is 5.54 Å². The van der Waals surface area contributed by atoms with Crippen molar-refractivity contribution < 1.29 is 9.53 Å². The molecule has 0 aliphatic carbocycles. The molecule has 1 rings (SSSR count). The molecule has 1 saturated heterocycles. The Balaban J connectivity index is 2.45. The van der Waals surface area contributed by atoms with Crippen molar-refractivity contribution in [2.75, 3.05) is 6.61 Å². The summed E-state index contributed by atoms with van der Waals surface area (Å²) in [7, 11) is 0. The van der Waals surface area contributed by atoms with E-state index in [9.17, 15) is 4.79 Å². The zero-order valence-electron chi connectivity index (χ0n) is 10.3. The average molecular weight is 213 g/mol. The van der Waals surface area contributed by atoms with Crippen LogP contribution in [0.3, 0.4) is 0 Å². The maximum absolute atomic E-state index is 11.8. The molecular weight excluding hydrogens is 190 g/mol. The largest absolute Gasteiger partial charge is 0.464 e. The van der Waals surface area contributed by atoms with Crippen molar-refractivity contribution in [3.63, 3.8) is 0 Å². The van der Waals surface area contributed by atoms with Gasteiger partial charge in [0.05, 0.1) is 6.61 Å². The van der Waals surface area contributed by atoms with Crippen molar-refractivity contribution in [2.45, 2.75) is 58.5 Å². The standard InChI is InChI=1S/C12H23NO2/c1-5-10-6-7-12(4,13-10)11(14)15-8-9(2)3/h9-10,13H,5-8H2,1-4H3. The smallest absolute Gasteiger partial charge is 0.326 e. The lowest BCUT2D eigenvalue weighted by molar-refractivity contribution is -0.151. The van der Waals surface area contributed by atoms with Crippen molar-refractivity contribution in [2.24, 2.45) is 5.92 Å². The molecule has 0 bridgehead atoms. The van der Waals surface area contributed by atoms with Gasteiger partial charge in [-0.3, -0.25) is 10.1 Å². The Morgan fingerprint density at radius 1 is 1.60 bits per heavy atom. The van der Waals surface area contributed by atoms with Gasteiger partial charge in [-0.05, 0) is 32.1 Å². The molecule has 0 aromatic carbocycles. The molecule has 0 saturated carbocycles. The van der Waals surface area contributed by atoms with Crippen LogP contribution in [-0.2, 0) is 9.53 Å². The molecule has 3 heteroatoms. The summed E-state index contributed by atoms with van der Waals surface area (Å²) in [6.07, 6.45) is 3.04. The maximum atomic E-state index is 11.8. The van der Waals surface area contributed by atoms with Gasteiger partial charge in [0.2, 0.25) is 0 Å². The molecule has 1 aliphatic heterocycles. The molecule has 1 heterocycles. The molecule has 0 spiro atoms. The van der Waals surface area contributed by atoms with Crippen LogP contribution >= 0.6 is 0 Å². The van der Waals surface area contributed by atoms with E-state index in [4.69, 9.17) is 4.74 Å². The van der Waals surface area contributed by atoms with E-state index >= 15 is 0 Å². The summed E-state index contributed by atoms with van der Waals surface area (Å²) in [6.45, 7) is 8.71. The molecule has 1 N–H and O–H groups in total. The molecule has 0 radical (unpaired) electrons. The highest BCUT2D eigenvalue weighted by molar-refractivity contribution is 5.80. The van der Waals surface area contributed by atoms with Crippen molar-refractivity contribution in [1.29, 1.82) is 0 Å². The quantitative estimate of drug-likeness (QED) is 0.727. The fourth-order valence-corrected chi connectivity index (χ4v) is 1.93. The summed E-state index contributed by atoms with van der Waals surface area (Å²) in [5.74, 6) is 0.313. The number of carbonyl (C=O) groups excluding carboxylic acids is 1. The highest BCUT2D eigenvalue weighted by atomic mass is 16.5. The number of carbonyl (C=O) groups is 1. The molecule has 3 nitrogen and oxygen atoms in total. The predicted octanol–water partition coefficient (Wildman–Crippen LogP) is 2.11. The van der Waals surface area contributed by atoms with Gasteiger partial charge >= 0.3 is 5.97 Å². The zero-order valence-corrected chi connectivity index (χ0v) is 10.3. The summed E-state index contributed by atoms with van der Waals surface area (Å²) in [5.41, 5.74) is -0.449. The summed E-state index contributed by atoms with van der Waals surface area (Å²) in [6, 6.07) is 0.474. The number of ether oxygens (including phenoxy) is 1. The Labute approximate surface area is 92.6 Å². The zero-order chi connectivity index (χ0) is 11.5. The minimum absolute atomic E-state index is 0.0906. The third-order valence-electron chi connectivity index (χ3n) is 3.01. The van der Waals surface area contributed by atoms with Crippen LogP contribution in [-0.4, -0.2) is 24.2 Å². The van der Waals surface area contributed by atoms with Crippen LogP contribution in [0.1, 0.15) is 47.0 Å². The van der Waals surface area contributed by atoms with Gasteiger partial charge in [0.15, 0.2) is 0 Å². The van der Waals surface area contributed by atoms with Crippen molar-refractivity contribution in [3.8, 4) is 0 Å². The molecule has 0 amide bonds. The summed E-state index contributed by atoms with van der Waals surface area (Å²) in [4.78, 5) is 11.8. The predicted molar refractivity (Wildman–Crippen MR) is 60.7 cm³/mol. The number of hydrogen-bond acceptors (Lipinski definition) is 3. The molecule has 0 aromatic heterocycles. The van der Waals surface area contributed by atoms with Gasteiger partial charge in [-0.25, -0.2) is 0 Å². The normalized spacial score (nSPS) is 30.9. The van der Waals surface area contributed by atoms with E-state index in [0.29, 0.717) is 18.6 Å². The van der Waals surface area contributed by atoms with Crippen LogP contribution in [0.4, 0.5) is 0 Å². The third-order valence-corrected chi connectivity index (χ3v) is 3.01. The van der Waals surface area contributed by atoms with Crippen LogP contribution in [0.15, 0.2) is 0 Å². The molecular formula is C12H23NO2. The van der Waals surface area contributed by atoms with Crippen LogP contribution in [0.25, 0.3) is 0 Å². The highest BCUT2D eigenvalue weighted by Crippen LogP contribution is 2.25. The number of nitrogens with one attached hydrogen (secondary N) is 1. The van der Waals surface area contributed by atoms with Crippen LogP contribution < -0.4 is 5.32 Å². The molecule has 15 heavy (non-hydrogen) atoms. The highest BCUT2D eigenvalue weighted by Gasteiger charge is 2.41. The lowest BCUT2D eigenvalue weighted by atomic mass is 10.0. The first-order valence-corrected chi connectivity index (χ1v) is 5.93. The van der Waals surface area contributed by atoms with Gasteiger partial charge < -0.3 is 4.74 Å². The first-order chi connectivity index (χ1) is 6.98. The second kappa shape index (κ2) is 4.97. The Kier molecular flexibility index (Phi) is 4.14. The number of esters is 1. The topological polar surface area (TPSA) is 38.3 Å². The van der Waals surface area contributed by atoms with Crippen LogP contribution in [0, 0.1) is 5.92 Å². The van der Waals surface area contributed by atoms with E-state index in [1.165, 1.54) is 0 Å². The summed E-state index contributed by atoms with van der Waals surface area (Å²) < 4.78 is 5.28. The Hall–Kier alpha value is -0.570. The van der Waals surface area contributed by atoms with E-state index < -0.39 is 5.54 Å². The van der Waals surface area contributed by atoms with E-state index in [2.05, 4.69) is 12.2 Å². The Morgan fingerprint density at radius 3 is 2.73 bits per heavy atom. The monoisotopic (exact) mass is 213 g/mol. The minimum Gasteiger partial charge on any atom is -0.464 e. The summed E-state index contributed by atoms with van der Waals surface area (Å²) in [5, 5.41) is 3.37. The lowest BCUT2D eigenvalue weighted by Crippen LogP contribution is -2.48. The first kappa shape index (κ1) is 12.5. The third kappa shape index (κ3) is 3.20. The minimum atomic E-state index is -0.449. The van der Waals surface area contributed by atoms with E-state index in [1.54, 1.807) is 0 Å². The van der Waals surface area contributed by atoms with Gasteiger partial charge in [-0.15, -0.1) is 0 Å². The number of hydrogen-bond donors (Lipinski definition) is 1. The fourth-order valence-electron chi connectivity index (χ4n) is 1.93. The molecule has 2 unspecified atom stereocenters. The number of rotatable bonds is 4. The van der Waals surface area contributed by atoms with E-state index in [-0.39, 0.29) is 5.97 Å². The van der Waals surface area contributed by atoms with Gasteiger partial charge in [-0.2, -0.15) is 0 Å². The molecule has 1 fully saturated rings. The van der Waals surface area contributed by atoms with Crippen molar-refractivity contribution in [3.05, 3.63) is 0 Å². The van der Waals surface area contributed by atoms with Gasteiger partial charge in [0.25, 0.3) is 0 Å². The average Bonchev–Trinajstić information content (AvgIpc) is 2.58. The molecule has 0 aromatic rings. The Bertz CT molecular complexity index is 228. The second-order valence-electron chi connectivity index (χ2n) is 5.11. The van der Waals surface area contributed by atoms with Gasteiger partial charge in [0, 0.05) is 6.04 Å². The Morgan fingerprint density at radius 2 is 2.27 bits per heavy atom. The molecule has 1 aliphatic rings.